The van der Waals surface area contributed by atoms with Gasteiger partial charge in [0.1, 0.15) is 11.6 Å². The van der Waals surface area contributed by atoms with E-state index < -0.39 is 9.71 Å². The van der Waals surface area contributed by atoms with E-state index in [0.29, 0.717) is 6.54 Å². The number of anilines is 3. The fourth-order valence-electron chi connectivity index (χ4n) is 4.04. The summed E-state index contributed by atoms with van der Waals surface area (Å²) in [4.78, 5) is 20.7. The van der Waals surface area contributed by atoms with Crippen LogP contribution < -0.4 is 14.5 Å². The van der Waals surface area contributed by atoms with E-state index in [4.69, 9.17) is 4.98 Å². The Kier molecular flexibility index (Phi) is 6.21. The van der Waals surface area contributed by atoms with Crippen LogP contribution in [0, 0.1) is 6.92 Å². The molecule has 1 aliphatic heterocycles. The smallest absolute Gasteiger partial charge is 0.132 e. The molecule has 1 aromatic carbocycles. The van der Waals surface area contributed by atoms with Gasteiger partial charge in [-0.15, -0.1) is 0 Å². The molecule has 9 heteroatoms. The predicted molar refractivity (Wildman–Crippen MR) is 135 cm³/mol. The summed E-state index contributed by atoms with van der Waals surface area (Å²) in [5.41, 5.74) is 3.39. The maximum absolute atomic E-state index is 12.4. The molecule has 4 rings (SSSR count). The Morgan fingerprint density at radius 3 is 2.66 bits per heavy atom. The Morgan fingerprint density at radius 2 is 1.94 bits per heavy atom. The molecule has 0 aliphatic carbocycles. The van der Waals surface area contributed by atoms with Crippen LogP contribution in [0.1, 0.15) is 11.5 Å². The molecule has 0 bridgehead atoms. The Hall–Kier alpha value is -2.91. The standard InChI is InChI=1S/C23H31N7OS/c1-17-25-19(15-21(26-17)30-13-11-28(2)12-14-30)16-29(3)23-20(27-32(4,5)31)9-8-18-7-6-10-24-22(18)23/h6-10,15H,4,11-14,16H2,1-3,5H3,(H,27,31). The van der Waals surface area contributed by atoms with Gasteiger partial charge in [-0.1, -0.05) is 12.1 Å². The van der Waals surface area contributed by atoms with Crippen molar-refractivity contribution in [3.63, 3.8) is 0 Å². The molecule has 2 aromatic heterocycles. The second-order valence-electron chi connectivity index (χ2n) is 8.55. The van der Waals surface area contributed by atoms with Crippen LogP contribution in [0.5, 0.6) is 0 Å². The normalized spacial score (nSPS) is 16.7. The van der Waals surface area contributed by atoms with E-state index in [1.807, 2.05) is 38.2 Å². The van der Waals surface area contributed by atoms with Crippen molar-refractivity contribution in [3.8, 4) is 0 Å². The SMILES string of the molecule is C=S(C)(=O)Nc1ccc2cccnc2c1N(C)Cc1cc(N2CCN(C)CC2)nc(C)n1. The summed E-state index contributed by atoms with van der Waals surface area (Å²) in [5.74, 6) is 5.49. The molecule has 32 heavy (non-hydrogen) atoms. The minimum absolute atomic E-state index is 0.566. The van der Waals surface area contributed by atoms with E-state index in [0.717, 1.165) is 65.8 Å². The van der Waals surface area contributed by atoms with Crippen LogP contribution in [-0.4, -0.2) is 76.5 Å². The average Bonchev–Trinajstić information content (AvgIpc) is 2.72. The van der Waals surface area contributed by atoms with Gasteiger partial charge in [0.05, 0.1) is 29.1 Å². The molecule has 1 fully saturated rings. The first kappa shape index (κ1) is 22.3. The first-order chi connectivity index (χ1) is 15.2. The van der Waals surface area contributed by atoms with Gasteiger partial charge in [0.2, 0.25) is 0 Å². The van der Waals surface area contributed by atoms with Gasteiger partial charge < -0.3 is 19.4 Å². The molecular formula is C23H31N7OS. The van der Waals surface area contributed by atoms with Gasteiger partial charge in [-0.05, 0) is 32.0 Å². The number of pyridine rings is 1. The number of hydrogen-bond acceptors (Lipinski definition) is 7. The van der Waals surface area contributed by atoms with Crippen molar-refractivity contribution in [2.75, 3.05) is 61.1 Å². The number of aryl methyl sites for hydroxylation is 1. The van der Waals surface area contributed by atoms with Crippen LogP contribution in [-0.2, 0) is 16.3 Å². The van der Waals surface area contributed by atoms with Crippen LogP contribution in [0.4, 0.5) is 17.2 Å². The molecule has 3 aromatic rings. The number of likely N-dealkylation sites (N-methyl/N-ethyl adjacent to an activating group) is 1. The summed E-state index contributed by atoms with van der Waals surface area (Å²) in [5, 5.41) is 1.02. The lowest BCUT2D eigenvalue weighted by Gasteiger charge is -2.33. The zero-order valence-electron chi connectivity index (χ0n) is 19.2. The second kappa shape index (κ2) is 8.91. The Labute approximate surface area is 190 Å². The van der Waals surface area contributed by atoms with Crippen molar-refractivity contribution in [2.45, 2.75) is 13.5 Å². The maximum Gasteiger partial charge on any atom is 0.132 e. The zero-order valence-corrected chi connectivity index (χ0v) is 20.0. The molecule has 0 amide bonds. The van der Waals surface area contributed by atoms with Gasteiger partial charge in [-0.3, -0.25) is 4.98 Å². The zero-order chi connectivity index (χ0) is 22.9. The molecule has 1 atom stereocenters. The highest BCUT2D eigenvalue weighted by molar-refractivity contribution is 8.00. The van der Waals surface area contributed by atoms with Crippen molar-refractivity contribution < 1.29 is 4.21 Å². The highest BCUT2D eigenvalue weighted by Gasteiger charge is 2.19. The Bertz CT molecular complexity index is 1220. The Balaban J connectivity index is 1.68. The summed E-state index contributed by atoms with van der Waals surface area (Å²) in [7, 11) is 1.70. The summed E-state index contributed by atoms with van der Waals surface area (Å²) >= 11 is 0. The highest BCUT2D eigenvalue weighted by atomic mass is 32.2. The van der Waals surface area contributed by atoms with Crippen molar-refractivity contribution in [3.05, 3.63) is 48.0 Å². The molecule has 1 aliphatic rings. The molecule has 8 nitrogen and oxygen atoms in total. The average molecular weight is 454 g/mol. The molecule has 0 saturated carbocycles. The molecular weight excluding hydrogens is 422 g/mol. The van der Waals surface area contributed by atoms with E-state index in [-0.39, 0.29) is 0 Å². The predicted octanol–water partition coefficient (Wildman–Crippen LogP) is 2.39. The molecule has 170 valence electrons. The number of rotatable bonds is 6. The van der Waals surface area contributed by atoms with E-state index in [1.54, 1.807) is 12.5 Å². The summed E-state index contributed by atoms with van der Waals surface area (Å²) in [6, 6.07) is 9.93. The van der Waals surface area contributed by atoms with E-state index in [9.17, 15) is 4.21 Å². The van der Waals surface area contributed by atoms with Gasteiger partial charge in [0.15, 0.2) is 0 Å². The summed E-state index contributed by atoms with van der Waals surface area (Å²) < 4.78 is 15.5. The number of hydrogen-bond donors (Lipinski definition) is 1. The minimum Gasteiger partial charge on any atom is -0.365 e. The molecule has 1 N–H and O–H groups in total. The third-order valence-electron chi connectivity index (χ3n) is 5.56. The highest BCUT2D eigenvalue weighted by Crippen LogP contribution is 2.34. The van der Waals surface area contributed by atoms with Crippen molar-refractivity contribution >= 4 is 43.7 Å². The molecule has 0 spiro atoms. The number of piperazine rings is 1. The molecule has 1 saturated heterocycles. The lowest BCUT2D eigenvalue weighted by molar-refractivity contribution is 0.312. The third kappa shape index (κ3) is 5.11. The minimum atomic E-state index is -2.45. The lowest BCUT2D eigenvalue weighted by atomic mass is 10.1. The van der Waals surface area contributed by atoms with Crippen molar-refractivity contribution in [1.29, 1.82) is 0 Å². The largest absolute Gasteiger partial charge is 0.365 e. The monoisotopic (exact) mass is 453 g/mol. The number of aromatic nitrogens is 3. The van der Waals surface area contributed by atoms with Crippen molar-refractivity contribution in [2.24, 2.45) is 0 Å². The maximum atomic E-state index is 12.4. The fourth-order valence-corrected chi connectivity index (χ4v) is 4.67. The van der Waals surface area contributed by atoms with Crippen LogP contribution in [0.2, 0.25) is 0 Å². The second-order valence-corrected chi connectivity index (χ2v) is 10.8. The first-order valence-electron chi connectivity index (χ1n) is 10.7. The lowest BCUT2D eigenvalue weighted by Crippen LogP contribution is -2.45. The number of benzene rings is 1. The number of nitrogens with zero attached hydrogens (tertiary/aromatic N) is 6. The topological polar surface area (TPSA) is 77.5 Å². The van der Waals surface area contributed by atoms with E-state index >= 15 is 0 Å². The third-order valence-corrected chi connectivity index (χ3v) is 6.21. The van der Waals surface area contributed by atoms with Crippen molar-refractivity contribution in [1.82, 2.24) is 19.9 Å². The quantitative estimate of drug-likeness (QED) is 0.574. The fraction of sp³-hybridized carbons (Fsp3) is 0.391. The first-order valence-corrected chi connectivity index (χ1v) is 12.8. The molecule has 0 radical (unpaired) electrons. The number of nitrogens with one attached hydrogen (secondary N) is 1. The summed E-state index contributed by atoms with van der Waals surface area (Å²) in [6.07, 6.45) is 3.37. The van der Waals surface area contributed by atoms with Crippen LogP contribution >= 0.6 is 0 Å². The molecule has 3 heterocycles. The van der Waals surface area contributed by atoms with Crippen LogP contribution in [0.3, 0.4) is 0 Å². The Morgan fingerprint density at radius 1 is 1.19 bits per heavy atom. The van der Waals surface area contributed by atoms with Gasteiger partial charge >= 0.3 is 0 Å². The van der Waals surface area contributed by atoms with Gasteiger partial charge in [-0.25, -0.2) is 14.2 Å². The summed E-state index contributed by atoms with van der Waals surface area (Å²) in [6.45, 7) is 6.46. The van der Waals surface area contributed by atoms with Gasteiger partial charge in [0.25, 0.3) is 0 Å². The van der Waals surface area contributed by atoms with E-state index in [2.05, 4.69) is 48.4 Å². The van der Waals surface area contributed by atoms with Crippen LogP contribution in [0.25, 0.3) is 10.9 Å². The van der Waals surface area contributed by atoms with Gasteiger partial charge in [-0.2, -0.15) is 0 Å². The van der Waals surface area contributed by atoms with E-state index in [1.165, 1.54) is 0 Å². The van der Waals surface area contributed by atoms with Gasteiger partial charge in [0, 0.05) is 66.8 Å². The molecule has 1 unspecified atom stereocenters. The number of fused-ring (bicyclic) bond motifs is 1. The van der Waals surface area contributed by atoms with Crippen LogP contribution in [0.15, 0.2) is 36.5 Å².